The fourth-order valence-electron chi connectivity index (χ4n) is 8.14. The number of benzene rings is 1. The Balaban J connectivity index is 0.000000848. The van der Waals surface area contributed by atoms with Crippen LogP contribution in [0.15, 0.2) is 41.3 Å². The van der Waals surface area contributed by atoms with Crippen molar-refractivity contribution in [3.8, 4) is 0 Å². The second kappa shape index (κ2) is 9.58. The zero-order chi connectivity index (χ0) is 25.7. The minimum atomic E-state index is -0.907. The third-order valence-corrected chi connectivity index (χ3v) is 10.7. The van der Waals surface area contributed by atoms with Gasteiger partial charge in [-0.1, -0.05) is 25.1 Å². The number of nitrogens with one attached hydrogen (secondary N) is 2. The number of alkyl halides is 1. The van der Waals surface area contributed by atoms with Crippen molar-refractivity contribution in [1.82, 2.24) is 10.3 Å². The zero-order valence-corrected chi connectivity index (χ0v) is 22.6. The maximum atomic E-state index is 12.4. The smallest absolute Gasteiger partial charge is 0.248 e. The summed E-state index contributed by atoms with van der Waals surface area (Å²) in [4.78, 5) is 14.0. The topological polar surface area (TPSA) is 85.3 Å². The number of hydrogen-bond acceptors (Lipinski definition) is 4. The summed E-state index contributed by atoms with van der Waals surface area (Å²) in [5.41, 5.74) is 1.30. The zero-order valence-electron chi connectivity index (χ0n) is 21.8. The Labute approximate surface area is 219 Å². The molecule has 7 atom stereocenters. The van der Waals surface area contributed by atoms with Gasteiger partial charge in [-0.05, 0) is 117 Å². The summed E-state index contributed by atoms with van der Waals surface area (Å²) in [5.74, 6) is 1.07. The molecule has 2 aromatic rings. The minimum Gasteiger partial charge on any atom is -0.393 e. The summed E-state index contributed by atoms with van der Waals surface area (Å²) >= 11 is 7.42. The Kier molecular flexibility index (Phi) is 6.91. The number of aromatic nitrogens is 1. The van der Waals surface area contributed by atoms with E-state index in [0.29, 0.717) is 11.8 Å². The van der Waals surface area contributed by atoms with E-state index in [9.17, 15) is 15.0 Å². The SMILES string of the molecule is CC12CCC3(Cl)CC4CC(O)CCC4CC[C@]3(O)C1CC=C2c1ccc2c[nH]c(=O)cc2c1.CNC. The highest BCUT2D eigenvalue weighted by molar-refractivity contribution is 6.25. The van der Waals surface area contributed by atoms with Crippen LogP contribution in [0.5, 0.6) is 0 Å². The second-order valence-electron chi connectivity index (χ2n) is 12.1. The Morgan fingerprint density at radius 1 is 1.06 bits per heavy atom. The van der Waals surface area contributed by atoms with Crippen molar-refractivity contribution in [3.63, 3.8) is 0 Å². The molecule has 36 heavy (non-hydrogen) atoms. The maximum Gasteiger partial charge on any atom is 0.248 e. The predicted octanol–water partition coefficient (Wildman–Crippen LogP) is 5.24. The summed E-state index contributed by atoms with van der Waals surface area (Å²) in [6, 6.07) is 8.01. The number of aliphatic hydroxyl groups is 2. The molecule has 4 aliphatic rings. The highest BCUT2D eigenvalue weighted by atomic mass is 35.5. The van der Waals surface area contributed by atoms with Crippen molar-refractivity contribution in [2.45, 2.75) is 81.3 Å². The van der Waals surface area contributed by atoms with Crippen molar-refractivity contribution in [3.05, 3.63) is 52.5 Å². The van der Waals surface area contributed by atoms with Crippen molar-refractivity contribution < 1.29 is 10.2 Å². The lowest BCUT2D eigenvalue weighted by atomic mass is 9.53. The van der Waals surface area contributed by atoms with E-state index >= 15 is 0 Å². The third kappa shape index (κ3) is 4.16. The largest absolute Gasteiger partial charge is 0.393 e. The summed E-state index contributed by atoms with van der Waals surface area (Å²) in [6.45, 7) is 2.31. The number of halogens is 1. The van der Waals surface area contributed by atoms with E-state index in [0.717, 1.165) is 74.1 Å². The maximum absolute atomic E-state index is 12.4. The molecule has 6 rings (SSSR count). The highest BCUT2D eigenvalue weighted by Gasteiger charge is 2.65. The molecule has 1 aromatic carbocycles. The molecule has 5 nitrogen and oxygen atoms in total. The predicted molar refractivity (Wildman–Crippen MR) is 147 cm³/mol. The van der Waals surface area contributed by atoms with Crippen LogP contribution in [0.1, 0.15) is 70.3 Å². The first-order valence-electron chi connectivity index (χ1n) is 13.6. The van der Waals surface area contributed by atoms with Crippen molar-refractivity contribution >= 4 is 27.9 Å². The molecule has 0 spiro atoms. The van der Waals surface area contributed by atoms with Gasteiger partial charge in [-0.3, -0.25) is 4.79 Å². The Morgan fingerprint density at radius 3 is 2.61 bits per heavy atom. The average molecular weight is 513 g/mol. The summed E-state index contributed by atoms with van der Waals surface area (Å²) < 4.78 is 0. The summed E-state index contributed by atoms with van der Waals surface area (Å²) in [7, 11) is 3.75. The first-order valence-corrected chi connectivity index (χ1v) is 14.0. The third-order valence-electron chi connectivity index (χ3n) is 9.98. The molecular formula is C30H41ClN2O3. The Bertz CT molecular complexity index is 1210. The van der Waals surface area contributed by atoms with Gasteiger partial charge < -0.3 is 20.5 Å². The fraction of sp³-hybridized carbons (Fsp3) is 0.633. The van der Waals surface area contributed by atoms with Crippen LogP contribution < -0.4 is 10.9 Å². The van der Waals surface area contributed by atoms with Crippen molar-refractivity contribution in [2.24, 2.45) is 23.2 Å². The van der Waals surface area contributed by atoms with Crippen LogP contribution in [-0.4, -0.2) is 45.9 Å². The molecule has 6 unspecified atom stereocenters. The number of hydrogen-bond donors (Lipinski definition) is 4. The van der Waals surface area contributed by atoms with Gasteiger partial charge in [0, 0.05) is 18.2 Å². The first kappa shape index (κ1) is 26.0. The molecule has 0 amide bonds. The summed E-state index contributed by atoms with van der Waals surface area (Å²) in [5, 5.41) is 27.4. The van der Waals surface area contributed by atoms with Gasteiger partial charge in [-0.25, -0.2) is 0 Å². The summed E-state index contributed by atoms with van der Waals surface area (Å²) in [6.07, 6.45) is 11.8. The highest BCUT2D eigenvalue weighted by Crippen LogP contribution is 2.67. The standard InChI is InChI=1S/C28H34ClNO3.C2H7N/c1-26-10-11-27(29)15-21-13-22(31)5-4-17(21)8-9-28(27,33)24(26)7-6-23(26)18-2-3-19-16-30-25(32)14-20(19)12-18;1-3-2/h2-3,6,12,14,16-17,21-22,24,31,33H,4-5,7-11,13,15H2,1H3,(H,30,32);3H,1-2H3/t17?,21?,22?,24?,26?,27?,28-;/m0./s1. The number of aromatic amines is 1. The Morgan fingerprint density at radius 2 is 1.83 bits per heavy atom. The van der Waals surface area contributed by atoms with Crippen LogP contribution in [0.2, 0.25) is 0 Å². The van der Waals surface area contributed by atoms with Crippen molar-refractivity contribution in [1.29, 1.82) is 0 Å². The molecule has 4 N–H and O–H groups in total. The van der Waals surface area contributed by atoms with Crippen molar-refractivity contribution in [2.75, 3.05) is 14.1 Å². The normalized spacial score (nSPS) is 39.7. The second-order valence-corrected chi connectivity index (χ2v) is 12.8. The lowest BCUT2D eigenvalue weighted by Gasteiger charge is -2.57. The molecule has 0 aliphatic heterocycles. The molecular weight excluding hydrogens is 472 g/mol. The quantitative estimate of drug-likeness (QED) is 0.394. The number of H-pyrrole nitrogens is 1. The van der Waals surface area contributed by atoms with E-state index in [4.69, 9.17) is 11.6 Å². The van der Waals surface area contributed by atoms with Gasteiger partial charge in [0.15, 0.2) is 0 Å². The van der Waals surface area contributed by atoms with E-state index in [1.807, 2.05) is 14.1 Å². The molecule has 3 fully saturated rings. The molecule has 1 heterocycles. The average Bonchev–Trinajstić information content (AvgIpc) is 3.14. The minimum absolute atomic E-state index is 0.0891. The molecule has 0 saturated heterocycles. The molecule has 0 bridgehead atoms. The van der Waals surface area contributed by atoms with Gasteiger partial charge in [-0.15, -0.1) is 11.6 Å². The van der Waals surface area contributed by atoms with Crippen LogP contribution in [0.25, 0.3) is 16.3 Å². The molecule has 196 valence electrons. The van der Waals surface area contributed by atoms with Crippen LogP contribution in [0.4, 0.5) is 0 Å². The molecule has 4 aliphatic carbocycles. The van der Waals surface area contributed by atoms with E-state index in [-0.39, 0.29) is 23.0 Å². The van der Waals surface area contributed by atoms with Crippen LogP contribution in [0.3, 0.4) is 0 Å². The van der Waals surface area contributed by atoms with Gasteiger partial charge in [0.1, 0.15) is 0 Å². The molecule has 1 aromatic heterocycles. The van der Waals surface area contributed by atoms with Crippen LogP contribution in [-0.2, 0) is 0 Å². The first-order chi connectivity index (χ1) is 17.1. The molecule has 0 radical (unpaired) electrons. The molecule has 6 heteroatoms. The van der Waals surface area contributed by atoms with Crippen LogP contribution in [0, 0.1) is 23.2 Å². The van der Waals surface area contributed by atoms with Gasteiger partial charge in [-0.2, -0.15) is 0 Å². The lowest BCUT2D eigenvalue weighted by molar-refractivity contribution is -0.118. The van der Waals surface area contributed by atoms with Gasteiger partial charge in [0.05, 0.1) is 16.6 Å². The van der Waals surface area contributed by atoms with E-state index < -0.39 is 10.5 Å². The number of aliphatic hydroxyl groups excluding tert-OH is 1. The number of fused-ring (bicyclic) bond motifs is 5. The van der Waals surface area contributed by atoms with Gasteiger partial charge in [0.2, 0.25) is 5.56 Å². The van der Waals surface area contributed by atoms with Gasteiger partial charge in [0.25, 0.3) is 0 Å². The van der Waals surface area contributed by atoms with E-state index in [1.165, 1.54) is 5.57 Å². The fourth-order valence-corrected chi connectivity index (χ4v) is 8.66. The lowest BCUT2D eigenvalue weighted by Crippen LogP contribution is -2.62. The number of pyridine rings is 1. The van der Waals surface area contributed by atoms with Crippen LogP contribution >= 0.6 is 11.6 Å². The Hall–Kier alpha value is -1.66. The van der Waals surface area contributed by atoms with Gasteiger partial charge >= 0.3 is 0 Å². The molecule has 3 saturated carbocycles. The number of rotatable bonds is 1. The van der Waals surface area contributed by atoms with E-state index in [1.54, 1.807) is 12.3 Å². The number of allylic oxidation sites excluding steroid dienone is 2. The monoisotopic (exact) mass is 512 g/mol. The van der Waals surface area contributed by atoms with E-state index in [2.05, 4.69) is 41.5 Å².